The van der Waals surface area contributed by atoms with Crippen LogP contribution in [0.1, 0.15) is 11.3 Å². The number of nitrogens with zero attached hydrogens (tertiary/aromatic N) is 3. The number of benzene rings is 2. The second-order valence-corrected chi connectivity index (χ2v) is 7.74. The molecule has 1 aliphatic heterocycles. The van der Waals surface area contributed by atoms with E-state index >= 15 is 0 Å². The monoisotopic (exact) mass is 429 g/mol. The Hall–Kier alpha value is -2.45. The zero-order valence-corrected chi connectivity index (χ0v) is 17.6. The van der Waals surface area contributed by atoms with E-state index in [0.29, 0.717) is 10.7 Å². The highest BCUT2D eigenvalue weighted by molar-refractivity contribution is 7.80. The second-order valence-electron chi connectivity index (χ2n) is 6.95. The summed E-state index contributed by atoms with van der Waals surface area (Å²) in [4.78, 5) is 5.20. The minimum atomic E-state index is 0.630. The Bertz CT molecular complexity index is 1020. The second kappa shape index (κ2) is 8.51. The number of piperazine rings is 1. The van der Waals surface area contributed by atoms with E-state index in [9.17, 15) is 0 Å². The number of anilines is 1. The Morgan fingerprint density at radius 1 is 1.14 bits per heavy atom. The number of hydrogen-bond donors (Lipinski definition) is 2. The Balaban J connectivity index is 1.50. The number of aryl methyl sites for hydroxylation is 1. The van der Waals surface area contributed by atoms with Gasteiger partial charge in [-0.05, 0) is 13.0 Å². The van der Waals surface area contributed by atoms with Crippen LogP contribution in [-0.4, -0.2) is 46.4 Å². The van der Waals surface area contributed by atoms with Gasteiger partial charge in [0.25, 0.3) is 0 Å². The average Bonchev–Trinajstić information content (AvgIpc) is 3.15. The van der Waals surface area contributed by atoms with Crippen molar-refractivity contribution in [1.82, 2.24) is 10.1 Å². The molecule has 0 saturated carbocycles. The van der Waals surface area contributed by atoms with Gasteiger partial charge in [-0.1, -0.05) is 59.3 Å². The molecule has 1 fully saturated rings. The summed E-state index contributed by atoms with van der Waals surface area (Å²) in [6.07, 6.45) is 0. The van der Waals surface area contributed by atoms with Crippen molar-refractivity contribution in [2.75, 3.05) is 31.1 Å². The van der Waals surface area contributed by atoms with Crippen molar-refractivity contribution in [3.63, 3.8) is 0 Å². The van der Waals surface area contributed by atoms with Crippen LogP contribution in [0.4, 0.5) is 11.4 Å². The van der Waals surface area contributed by atoms with Crippen LogP contribution in [0.15, 0.2) is 53.1 Å². The summed E-state index contributed by atoms with van der Waals surface area (Å²) >= 11 is 12.2. The van der Waals surface area contributed by atoms with Crippen LogP contribution in [0, 0.1) is 6.92 Å². The van der Waals surface area contributed by atoms with Crippen LogP contribution in [0.25, 0.3) is 11.3 Å². The fraction of sp³-hybridized carbons (Fsp3) is 0.238. The molecule has 0 aliphatic carbocycles. The lowest BCUT2D eigenvalue weighted by molar-refractivity contribution is -0.825. The van der Waals surface area contributed by atoms with Crippen molar-refractivity contribution < 1.29 is 15.2 Å². The van der Waals surface area contributed by atoms with Crippen LogP contribution in [0.2, 0.25) is 5.02 Å². The van der Waals surface area contributed by atoms with Gasteiger partial charge < -0.3 is 14.3 Å². The number of quaternary nitrogens is 1. The van der Waals surface area contributed by atoms with Crippen LogP contribution in [0.5, 0.6) is 0 Å². The maximum absolute atomic E-state index is 9.15. The highest BCUT2D eigenvalue weighted by Gasteiger charge is 2.26. The lowest BCUT2D eigenvalue weighted by Crippen LogP contribution is -2.73. The lowest BCUT2D eigenvalue weighted by atomic mass is 10.1. The zero-order valence-electron chi connectivity index (χ0n) is 16.0. The van der Waals surface area contributed by atoms with Crippen molar-refractivity contribution in [2.24, 2.45) is 0 Å². The molecule has 0 bridgehead atoms. The molecule has 3 N–H and O–H groups in total. The van der Waals surface area contributed by atoms with Crippen LogP contribution >= 0.6 is 23.8 Å². The molecule has 2 heterocycles. The van der Waals surface area contributed by atoms with E-state index in [0.717, 1.165) is 64.9 Å². The van der Waals surface area contributed by atoms with E-state index in [2.05, 4.69) is 15.0 Å². The van der Waals surface area contributed by atoms with Gasteiger partial charge in [0.1, 0.15) is 16.4 Å². The van der Waals surface area contributed by atoms with Gasteiger partial charge in [0.2, 0.25) is 0 Å². The van der Waals surface area contributed by atoms with Crippen molar-refractivity contribution in [3.8, 4) is 11.3 Å². The molecule has 0 radical (unpaired) electrons. The van der Waals surface area contributed by atoms with Crippen molar-refractivity contribution in [2.45, 2.75) is 6.92 Å². The van der Waals surface area contributed by atoms with E-state index in [1.54, 1.807) is 6.07 Å². The summed E-state index contributed by atoms with van der Waals surface area (Å²) in [5.41, 5.74) is 5.38. The lowest BCUT2D eigenvalue weighted by Gasteiger charge is -2.37. The molecular weight excluding hydrogens is 408 g/mol. The first-order valence-electron chi connectivity index (χ1n) is 9.41. The molecule has 8 heteroatoms. The predicted octanol–water partition coefficient (Wildman–Crippen LogP) is 3.39. The maximum atomic E-state index is 9.15. The first kappa shape index (κ1) is 19.8. The summed E-state index contributed by atoms with van der Waals surface area (Å²) in [5, 5.41) is 14.0. The van der Waals surface area contributed by atoms with Gasteiger partial charge in [-0.15, -0.1) is 0 Å². The summed E-state index contributed by atoms with van der Waals surface area (Å²) in [6, 6.07) is 15.5. The third-order valence-corrected chi connectivity index (χ3v) is 5.92. The zero-order chi connectivity index (χ0) is 20.4. The van der Waals surface area contributed by atoms with Gasteiger partial charge in [-0.3, -0.25) is 0 Å². The number of nitrogens with two attached hydrogens (primary N) is 1. The molecule has 150 valence electrons. The van der Waals surface area contributed by atoms with E-state index in [1.807, 2.05) is 49.4 Å². The van der Waals surface area contributed by atoms with Crippen LogP contribution < -0.4 is 10.4 Å². The normalized spacial score (nSPS) is 14.3. The Morgan fingerprint density at radius 3 is 2.52 bits per heavy atom. The van der Waals surface area contributed by atoms with E-state index in [-0.39, 0.29) is 0 Å². The minimum Gasteiger partial charge on any atom is -0.367 e. The smallest absolute Gasteiger partial charge is 0.163 e. The Morgan fingerprint density at radius 2 is 1.86 bits per heavy atom. The first-order valence-corrected chi connectivity index (χ1v) is 10.2. The molecule has 0 amide bonds. The summed E-state index contributed by atoms with van der Waals surface area (Å²) < 4.78 is 5.47. The SMILES string of the molecule is Cc1onc(-c2ccccc2)c1C(=S)N1CCN(c2ccc([NH2+]O)cc2Cl)CC1. The van der Waals surface area contributed by atoms with Gasteiger partial charge in [-0.2, -0.15) is 5.48 Å². The summed E-state index contributed by atoms with van der Waals surface area (Å²) in [5.74, 6) is 0.732. The molecule has 1 saturated heterocycles. The number of hydrogen-bond acceptors (Lipinski definition) is 5. The fourth-order valence-electron chi connectivity index (χ4n) is 3.59. The third-order valence-electron chi connectivity index (χ3n) is 5.15. The van der Waals surface area contributed by atoms with Crippen molar-refractivity contribution >= 4 is 40.2 Å². The minimum absolute atomic E-state index is 0.630. The fourth-order valence-corrected chi connectivity index (χ4v) is 4.32. The number of thiocarbonyl (C=S) groups is 1. The van der Waals surface area contributed by atoms with Gasteiger partial charge in [0.05, 0.1) is 16.3 Å². The molecule has 0 unspecified atom stereocenters. The Labute approximate surface area is 179 Å². The molecule has 0 atom stereocenters. The van der Waals surface area contributed by atoms with E-state index in [4.69, 9.17) is 33.5 Å². The van der Waals surface area contributed by atoms with Gasteiger partial charge in [0, 0.05) is 43.9 Å². The molecule has 29 heavy (non-hydrogen) atoms. The molecule has 1 aromatic heterocycles. The number of rotatable bonds is 4. The van der Waals surface area contributed by atoms with E-state index in [1.165, 1.54) is 0 Å². The highest BCUT2D eigenvalue weighted by atomic mass is 35.5. The average molecular weight is 430 g/mol. The van der Waals surface area contributed by atoms with Gasteiger partial charge >= 0.3 is 0 Å². The van der Waals surface area contributed by atoms with Crippen LogP contribution in [-0.2, 0) is 0 Å². The maximum Gasteiger partial charge on any atom is 0.163 e. The molecule has 0 spiro atoms. The standard InChI is InChI=1S/C21H21ClN4O2S/c1-14-19(20(24-28-14)15-5-3-2-4-6-15)21(29)26-11-9-25(10-12-26)18-8-7-16(23-27)13-17(18)22/h2-8,13,23,27H,9-12H2,1H3/p+1. The van der Waals surface area contributed by atoms with Crippen molar-refractivity contribution in [1.29, 1.82) is 0 Å². The van der Waals surface area contributed by atoms with Crippen LogP contribution in [0.3, 0.4) is 0 Å². The summed E-state index contributed by atoms with van der Waals surface area (Å²) in [6.45, 7) is 5.06. The largest absolute Gasteiger partial charge is 0.367 e. The molecule has 1 aliphatic rings. The Kier molecular flexibility index (Phi) is 5.82. The van der Waals surface area contributed by atoms with E-state index < -0.39 is 0 Å². The topological polar surface area (TPSA) is 69.4 Å². The highest BCUT2D eigenvalue weighted by Crippen LogP contribution is 2.30. The molecule has 6 nitrogen and oxygen atoms in total. The molecule has 2 aromatic carbocycles. The van der Waals surface area contributed by atoms with Gasteiger partial charge in [-0.25, -0.2) is 5.21 Å². The number of halogens is 1. The quantitative estimate of drug-likeness (QED) is 0.376. The van der Waals surface area contributed by atoms with Crippen molar-refractivity contribution in [3.05, 3.63) is 64.9 Å². The number of aromatic nitrogens is 1. The molecule has 4 rings (SSSR count). The molecular formula is C21H22ClN4O2S+. The third kappa shape index (κ3) is 4.00. The predicted molar refractivity (Wildman–Crippen MR) is 117 cm³/mol. The summed E-state index contributed by atoms with van der Waals surface area (Å²) in [7, 11) is 0. The molecule has 3 aromatic rings. The van der Waals surface area contributed by atoms with Gasteiger partial charge in [0.15, 0.2) is 5.69 Å². The first-order chi connectivity index (χ1) is 14.1.